The van der Waals surface area contributed by atoms with Gasteiger partial charge in [-0.2, -0.15) is 0 Å². The highest BCUT2D eigenvalue weighted by Crippen LogP contribution is 2.38. The third-order valence-corrected chi connectivity index (χ3v) is 4.70. The van der Waals surface area contributed by atoms with Gasteiger partial charge in [-0.15, -0.1) is 0 Å². The second-order valence-corrected chi connectivity index (χ2v) is 6.48. The van der Waals surface area contributed by atoms with Crippen LogP contribution in [0.4, 0.5) is 5.69 Å². The average molecular weight is 311 g/mol. The number of nitrogens with zero attached hydrogens (tertiary/aromatic N) is 1. The zero-order valence-electron chi connectivity index (χ0n) is 12.7. The van der Waals surface area contributed by atoms with Gasteiger partial charge in [0.1, 0.15) is 13.2 Å². The molecule has 0 amide bonds. The predicted molar refractivity (Wildman–Crippen MR) is 85.7 cm³/mol. The number of halogens is 1. The van der Waals surface area contributed by atoms with Crippen LogP contribution in [0, 0.1) is 5.92 Å². The summed E-state index contributed by atoms with van der Waals surface area (Å²) in [7, 11) is 2.19. The maximum atomic E-state index is 6.36. The number of fused-ring (bicyclic) bond motifs is 1. The second-order valence-electron chi connectivity index (χ2n) is 6.07. The molecular weight excluding hydrogens is 288 g/mol. The predicted octanol–water partition coefficient (Wildman–Crippen LogP) is 3.25. The Morgan fingerprint density at radius 3 is 2.71 bits per heavy atom. The molecule has 1 fully saturated rings. The van der Waals surface area contributed by atoms with Crippen LogP contribution in [0.2, 0.25) is 5.02 Å². The summed E-state index contributed by atoms with van der Waals surface area (Å²) < 4.78 is 11.2. The zero-order valence-corrected chi connectivity index (χ0v) is 13.4. The van der Waals surface area contributed by atoms with Crippen molar-refractivity contribution in [2.45, 2.75) is 25.8 Å². The number of nitrogens with one attached hydrogen (secondary N) is 1. The largest absolute Gasteiger partial charge is 0.486 e. The smallest absolute Gasteiger partial charge is 0.163 e. The molecule has 2 unspecified atom stereocenters. The lowest BCUT2D eigenvalue weighted by Crippen LogP contribution is -2.39. The molecule has 1 saturated heterocycles. The van der Waals surface area contributed by atoms with Gasteiger partial charge in [0.25, 0.3) is 0 Å². The summed E-state index contributed by atoms with van der Waals surface area (Å²) in [4.78, 5) is 2.40. The fraction of sp³-hybridized carbons (Fsp3) is 0.625. The van der Waals surface area contributed by atoms with Crippen molar-refractivity contribution < 1.29 is 9.47 Å². The minimum atomic E-state index is 0.382. The molecule has 4 nitrogen and oxygen atoms in total. The van der Waals surface area contributed by atoms with Crippen LogP contribution in [-0.2, 0) is 0 Å². The first-order valence-electron chi connectivity index (χ1n) is 7.67. The van der Waals surface area contributed by atoms with Crippen LogP contribution in [0.1, 0.15) is 19.8 Å². The Morgan fingerprint density at radius 1 is 1.29 bits per heavy atom. The summed E-state index contributed by atoms with van der Waals surface area (Å²) in [5.74, 6) is 2.16. The minimum Gasteiger partial charge on any atom is -0.486 e. The van der Waals surface area contributed by atoms with E-state index in [1.165, 1.54) is 19.4 Å². The molecule has 0 spiro atoms. The van der Waals surface area contributed by atoms with Gasteiger partial charge < -0.3 is 19.7 Å². The molecule has 0 saturated carbocycles. The monoisotopic (exact) mass is 310 g/mol. The molecule has 2 aliphatic heterocycles. The summed E-state index contributed by atoms with van der Waals surface area (Å²) >= 11 is 6.36. The van der Waals surface area contributed by atoms with E-state index in [1.54, 1.807) is 0 Å². The lowest BCUT2D eigenvalue weighted by Gasteiger charge is -2.34. The average Bonchev–Trinajstić information content (AvgIpc) is 2.48. The van der Waals surface area contributed by atoms with Gasteiger partial charge in [0, 0.05) is 24.7 Å². The van der Waals surface area contributed by atoms with Gasteiger partial charge in [-0.25, -0.2) is 0 Å². The summed E-state index contributed by atoms with van der Waals surface area (Å²) in [6, 6.07) is 4.19. The first-order valence-corrected chi connectivity index (χ1v) is 8.05. The van der Waals surface area contributed by atoms with Crippen LogP contribution >= 0.6 is 11.6 Å². The van der Waals surface area contributed by atoms with E-state index < -0.39 is 0 Å². The molecule has 5 heteroatoms. The summed E-state index contributed by atoms with van der Waals surface area (Å²) in [5.41, 5.74) is 0.932. The summed E-state index contributed by atoms with van der Waals surface area (Å²) in [5, 5.41) is 4.25. The third kappa shape index (κ3) is 3.38. The van der Waals surface area contributed by atoms with E-state index in [4.69, 9.17) is 21.1 Å². The number of hydrogen-bond donors (Lipinski definition) is 1. The normalized spacial score (nSPS) is 23.7. The number of hydrogen-bond acceptors (Lipinski definition) is 4. The van der Waals surface area contributed by atoms with Crippen molar-refractivity contribution in [3.05, 3.63) is 17.2 Å². The van der Waals surface area contributed by atoms with Crippen molar-refractivity contribution in [1.82, 2.24) is 4.90 Å². The van der Waals surface area contributed by atoms with Crippen molar-refractivity contribution in [3.8, 4) is 11.5 Å². The quantitative estimate of drug-likeness (QED) is 0.929. The van der Waals surface area contributed by atoms with Crippen LogP contribution in [0.5, 0.6) is 11.5 Å². The number of anilines is 1. The van der Waals surface area contributed by atoms with E-state index in [0.717, 1.165) is 23.7 Å². The maximum absolute atomic E-state index is 6.36. The number of rotatable bonds is 3. The van der Waals surface area contributed by atoms with Gasteiger partial charge in [-0.1, -0.05) is 11.6 Å². The van der Waals surface area contributed by atoms with Crippen LogP contribution in [0.15, 0.2) is 12.1 Å². The third-order valence-electron chi connectivity index (χ3n) is 4.38. The molecule has 116 valence electrons. The molecule has 0 aliphatic carbocycles. The molecule has 0 bridgehead atoms. The van der Waals surface area contributed by atoms with Crippen LogP contribution in [0.25, 0.3) is 0 Å². The Labute approximate surface area is 131 Å². The van der Waals surface area contributed by atoms with Gasteiger partial charge in [-0.05, 0) is 39.3 Å². The molecule has 1 N–H and O–H groups in total. The summed E-state index contributed by atoms with van der Waals surface area (Å²) in [6.45, 7) is 5.75. The molecule has 2 heterocycles. The summed E-state index contributed by atoms with van der Waals surface area (Å²) in [6.07, 6.45) is 2.53. The molecule has 21 heavy (non-hydrogen) atoms. The van der Waals surface area contributed by atoms with Crippen molar-refractivity contribution in [3.63, 3.8) is 0 Å². The highest BCUT2D eigenvalue weighted by Gasteiger charge is 2.24. The molecule has 3 rings (SSSR count). The maximum Gasteiger partial charge on any atom is 0.163 e. The zero-order chi connectivity index (χ0) is 14.8. The highest BCUT2D eigenvalue weighted by atomic mass is 35.5. The van der Waals surface area contributed by atoms with E-state index in [-0.39, 0.29) is 0 Å². The first-order chi connectivity index (χ1) is 10.1. The van der Waals surface area contributed by atoms with E-state index in [1.807, 2.05) is 12.1 Å². The van der Waals surface area contributed by atoms with E-state index in [9.17, 15) is 0 Å². The fourth-order valence-electron chi connectivity index (χ4n) is 3.15. The molecule has 1 aromatic rings. The van der Waals surface area contributed by atoms with Crippen LogP contribution < -0.4 is 14.8 Å². The SMILES string of the molecule is CC(Nc1cc2c(cc1Cl)OCCO2)C1CCCN(C)C1. The standard InChI is InChI=1S/C16H23ClN2O2/c1-11(12-4-3-5-19(2)10-12)18-14-9-16-15(8-13(14)17)20-6-7-21-16/h8-9,11-12,18H,3-7,10H2,1-2H3. The molecule has 0 aromatic heterocycles. The lowest BCUT2D eigenvalue weighted by atomic mass is 9.91. The van der Waals surface area contributed by atoms with Crippen molar-refractivity contribution in [2.75, 3.05) is 38.7 Å². The number of piperidine rings is 1. The first kappa shape index (κ1) is 14.8. The van der Waals surface area contributed by atoms with Gasteiger partial charge >= 0.3 is 0 Å². The van der Waals surface area contributed by atoms with Crippen LogP contribution in [0.3, 0.4) is 0 Å². The Morgan fingerprint density at radius 2 is 2.00 bits per heavy atom. The Balaban J connectivity index is 1.72. The number of likely N-dealkylation sites (tertiary alicyclic amines) is 1. The Hall–Kier alpha value is -1.13. The van der Waals surface area contributed by atoms with Crippen molar-refractivity contribution in [2.24, 2.45) is 5.92 Å². The Kier molecular flexibility index (Phi) is 4.45. The van der Waals surface area contributed by atoms with Crippen molar-refractivity contribution in [1.29, 1.82) is 0 Å². The van der Waals surface area contributed by atoms with Gasteiger partial charge in [0.2, 0.25) is 0 Å². The van der Waals surface area contributed by atoms with E-state index >= 15 is 0 Å². The number of ether oxygens (including phenoxy) is 2. The van der Waals surface area contributed by atoms with Crippen molar-refractivity contribution >= 4 is 17.3 Å². The van der Waals surface area contributed by atoms with Gasteiger partial charge in [-0.3, -0.25) is 0 Å². The topological polar surface area (TPSA) is 33.7 Å². The van der Waals surface area contributed by atoms with E-state index in [0.29, 0.717) is 30.2 Å². The lowest BCUT2D eigenvalue weighted by molar-refractivity contribution is 0.171. The van der Waals surface area contributed by atoms with E-state index in [2.05, 4.69) is 24.2 Å². The van der Waals surface area contributed by atoms with Gasteiger partial charge in [0.05, 0.1) is 10.7 Å². The Bertz CT molecular complexity index is 509. The minimum absolute atomic E-state index is 0.382. The highest BCUT2D eigenvalue weighted by molar-refractivity contribution is 6.33. The molecule has 2 atom stereocenters. The molecule has 2 aliphatic rings. The van der Waals surface area contributed by atoms with Crippen LogP contribution in [-0.4, -0.2) is 44.3 Å². The van der Waals surface area contributed by atoms with Gasteiger partial charge in [0.15, 0.2) is 11.5 Å². The molecule has 0 radical (unpaired) electrons. The number of benzene rings is 1. The molecular formula is C16H23ClN2O2. The second kappa shape index (κ2) is 6.32. The fourth-order valence-corrected chi connectivity index (χ4v) is 3.36. The molecule has 1 aromatic carbocycles.